The zero-order valence-corrected chi connectivity index (χ0v) is 16.5. The van der Waals surface area contributed by atoms with Crippen molar-refractivity contribution in [1.29, 1.82) is 0 Å². The average Bonchev–Trinajstić information content (AvgIpc) is 3.08. The van der Waals surface area contributed by atoms with E-state index in [0.29, 0.717) is 25.1 Å². The summed E-state index contributed by atoms with van der Waals surface area (Å²) in [5, 5.41) is 4.25. The topological polar surface area (TPSA) is 76.4 Å². The maximum absolute atomic E-state index is 13.9. The second-order valence-corrected chi connectivity index (χ2v) is 8.11. The molecule has 0 radical (unpaired) electrons. The molecule has 1 saturated carbocycles. The van der Waals surface area contributed by atoms with E-state index in [1.807, 2.05) is 25.3 Å². The Morgan fingerprint density at radius 3 is 2.75 bits per heavy atom. The number of aryl methyl sites for hydroxylation is 1. The fourth-order valence-corrected chi connectivity index (χ4v) is 3.94. The molecule has 3 atom stereocenters. The van der Waals surface area contributed by atoms with Crippen molar-refractivity contribution in [2.24, 2.45) is 11.8 Å². The van der Waals surface area contributed by atoms with Gasteiger partial charge >= 0.3 is 0 Å². The van der Waals surface area contributed by atoms with Crippen LogP contribution in [-0.4, -0.2) is 37.6 Å². The summed E-state index contributed by atoms with van der Waals surface area (Å²) in [6.45, 7) is 2.47. The monoisotopic (exact) mass is 413 g/mol. The second kappa shape index (κ2) is 9.11. The highest BCUT2D eigenvalue weighted by atomic mass is 32.2. The molecule has 0 spiro atoms. The van der Waals surface area contributed by atoms with Gasteiger partial charge < -0.3 is 4.74 Å². The average molecular weight is 413 g/mol. The van der Waals surface area contributed by atoms with Crippen LogP contribution in [0.2, 0.25) is 0 Å². The first-order valence-corrected chi connectivity index (χ1v) is 10.4. The minimum Gasteiger partial charge on any atom is -0.493 e. The van der Waals surface area contributed by atoms with E-state index in [1.54, 1.807) is 23.0 Å². The lowest BCUT2D eigenvalue weighted by Gasteiger charge is -2.36. The summed E-state index contributed by atoms with van der Waals surface area (Å²) in [6, 6.07) is 7.35. The molecule has 0 amide bonds. The molecule has 1 aliphatic carbocycles. The van der Waals surface area contributed by atoms with Crippen molar-refractivity contribution >= 4 is 11.3 Å². The van der Waals surface area contributed by atoms with Crippen LogP contribution in [0.1, 0.15) is 31.2 Å². The zero-order valence-electron chi connectivity index (χ0n) is 15.7. The number of benzene rings is 1. The van der Waals surface area contributed by atoms with Gasteiger partial charge in [0.25, 0.3) is 0 Å². The Hall–Kier alpha value is -1.84. The molecule has 3 rings (SSSR count). The number of alkyl halides is 2. The van der Waals surface area contributed by atoms with Gasteiger partial charge in [0.1, 0.15) is 5.75 Å². The number of ether oxygens (including phenoxy) is 1. The molecule has 0 aliphatic heterocycles. The molecule has 0 saturated heterocycles. The molecule has 0 bridgehead atoms. The third-order valence-corrected chi connectivity index (χ3v) is 5.58. The van der Waals surface area contributed by atoms with Gasteiger partial charge in [-0.25, -0.2) is 22.4 Å². The first-order valence-electron chi connectivity index (χ1n) is 9.29. The Balaban J connectivity index is 1.58. The van der Waals surface area contributed by atoms with Crippen molar-refractivity contribution in [1.82, 2.24) is 14.5 Å². The fourth-order valence-electron chi connectivity index (χ4n) is 3.64. The van der Waals surface area contributed by atoms with Gasteiger partial charge in [-0.05, 0) is 55.5 Å². The standard InChI is InChI=1S/C19H25F2N3O3S/c1-14-11-22-24(12-14)17-2-4-18(5-3-17)27-13-16-10-19(20,21)8-6-15(16)7-9-23-28(25)26/h2-5,11-12,15-16,23H,6-10,13H2,1H3,(H,25,26). The molecule has 9 heteroatoms. The van der Waals surface area contributed by atoms with E-state index in [1.165, 1.54) is 0 Å². The summed E-state index contributed by atoms with van der Waals surface area (Å²) in [7, 11) is 0. The number of hydrogen-bond acceptors (Lipinski definition) is 3. The normalized spacial score (nSPS) is 22.7. The van der Waals surface area contributed by atoms with Crippen molar-refractivity contribution in [2.45, 2.75) is 38.5 Å². The maximum atomic E-state index is 13.9. The zero-order chi connectivity index (χ0) is 20.1. The molecular weight excluding hydrogens is 388 g/mol. The first kappa shape index (κ1) is 20.9. The van der Waals surface area contributed by atoms with Gasteiger partial charge in [0.2, 0.25) is 17.2 Å². The van der Waals surface area contributed by atoms with Crippen LogP contribution >= 0.6 is 0 Å². The second-order valence-electron chi connectivity index (χ2n) is 7.32. The van der Waals surface area contributed by atoms with Crippen molar-refractivity contribution in [3.8, 4) is 11.4 Å². The molecule has 1 aliphatic rings. The van der Waals surface area contributed by atoms with Crippen LogP contribution < -0.4 is 9.46 Å². The summed E-state index contributed by atoms with van der Waals surface area (Å²) in [6.07, 6.45) is 4.28. The quantitative estimate of drug-likeness (QED) is 0.647. The van der Waals surface area contributed by atoms with Crippen LogP contribution in [0, 0.1) is 18.8 Å². The van der Waals surface area contributed by atoms with Crippen LogP contribution in [0.5, 0.6) is 5.75 Å². The van der Waals surface area contributed by atoms with Gasteiger partial charge in [-0.3, -0.25) is 4.55 Å². The maximum Gasteiger partial charge on any atom is 0.248 e. The predicted molar refractivity (Wildman–Crippen MR) is 103 cm³/mol. The summed E-state index contributed by atoms with van der Waals surface area (Å²) >= 11 is -2.08. The molecule has 154 valence electrons. The molecular formula is C19H25F2N3O3S. The summed E-state index contributed by atoms with van der Waals surface area (Å²) in [5.41, 5.74) is 1.95. The van der Waals surface area contributed by atoms with E-state index >= 15 is 0 Å². The van der Waals surface area contributed by atoms with Crippen LogP contribution in [-0.2, 0) is 11.3 Å². The molecule has 1 fully saturated rings. The van der Waals surface area contributed by atoms with Crippen molar-refractivity contribution in [3.05, 3.63) is 42.2 Å². The Morgan fingerprint density at radius 1 is 1.36 bits per heavy atom. The van der Waals surface area contributed by atoms with Gasteiger partial charge in [-0.2, -0.15) is 5.10 Å². The molecule has 28 heavy (non-hydrogen) atoms. The molecule has 1 aromatic heterocycles. The molecule has 6 nitrogen and oxygen atoms in total. The number of nitrogens with zero attached hydrogens (tertiary/aromatic N) is 2. The van der Waals surface area contributed by atoms with Crippen LogP contribution in [0.15, 0.2) is 36.7 Å². The van der Waals surface area contributed by atoms with E-state index < -0.39 is 17.2 Å². The molecule has 3 unspecified atom stereocenters. The first-order chi connectivity index (χ1) is 13.3. The Kier molecular flexibility index (Phi) is 6.79. The summed E-state index contributed by atoms with van der Waals surface area (Å²) in [4.78, 5) is 0. The SMILES string of the molecule is Cc1cnn(-c2ccc(OCC3CC(F)(F)CCC3CCNS(=O)O)cc2)c1. The van der Waals surface area contributed by atoms with Crippen LogP contribution in [0.3, 0.4) is 0 Å². The number of halogens is 2. The lowest BCUT2D eigenvalue weighted by molar-refractivity contribution is -0.0776. The highest BCUT2D eigenvalue weighted by Crippen LogP contribution is 2.41. The van der Waals surface area contributed by atoms with Gasteiger partial charge in [-0.15, -0.1) is 0 Å². The van der Waals surface area contributed by atoms with Gasteiger partial charge in [0, 0.05) is 31.5 Å². The smallest absolute Gasteiger partial charge is 0.248 e. The van der Waals surface area contributed by atoms with Crippen molar-refractivity contribution < 1.29 is 22.3 Å². The summed E-state index contributed by atoms with van der Waals surface area (Å²) < 4.78 is 57.3. The number of rotatable bonds is 8. The highest BCUT2D eigenvalue weighted by Gasteiger charge is 2.41. The molecule has 1 aromatic carbocycles. The van der Waals surface area contributed by atoms with E-state index in [4.69, 9.17) is 9.29 Å². The number of aromatic nitrogens is 2. The van der Waals surface area contributed by atoms with E-state index in [0.717, 1.165) is 11.3 Å². The Bertz CT molecular complexity index is 798. The van der Waals surface area contributed by atoms with Crippen LogP contribution in [0.25, 0.3) is 5.69 Å². The Labute approximate surface area is 165 Å². The van der Waals surface area contributed by atoms with Gasteiger partial charge in [-0.1, -0.05) is 0 Å². The number of nitrogens with one attached hydrogen (secondary N) is 1. The van der Waals surface area contributed by atoms with Crippen LogP contribution in [0.4, 0.5) is 8.78 Å². The highest BCUT2D eigenvalue weighted by molar-refractivity contribution is 7.77. The van der Waals surface area contributed by atoms with E-state index in [-0.39, 0.29) is 31.3 Å². The van der Waals surface area contributed by atoms with Gasteiger partial charge in [0.15, 0.2) is 0 Å². The van der Waals surface area contributed by atoms with E-state index in [2.05, 4.69) is 9.82 Å². The van der Waals surface area contributed by atoms with E-state index in [9.17, 15) is 13.0 Å². The molecule has 2 aromatic rings. The summed E-state index contributed by atoms with van der Waals surface area (Å²) in [5.74, 6) is -2.33. The number of hydrogen-bond donors (Lipinski definition) is 2. The van der Waals surface area contributed by atoms with Crippen molar-refractivity contribution in [3.63, 3.8) is 0 Å². The largest absolute Gasteiger partial charge is 0.493 e. The lowest BCUT2D eigenvalue weighted by Crippen LogP contribution is -2.37. The third-order valence-electron chi connectivity index (χ3n) is 5.13. The van der Waals surface area contributed by atoms with Crippen molar-refractivity contribution in [2.75, 3.05) is 13.2 Å². The third kappa shape index (κ3) is 5.83. The molecule has 1 heterocycles. The lowest BCUT2D eigenvalue weighted by atomic mass is 9.76. The predicted octanol–water partition coefficient (Wildman–Crippen LogP) is 3.73. The molecule has 2 N–H and O–H groups in total. The minimum absolute atomic E-state index is 0.0296. The minimum atomic E-state index is -2.68. The fraction of sp³-hybridized carbons (Fsp3) is 0.526. The Morgan fingerprint density at radius 2 is 2.11 bits per heavy atom. The van der Waals surface area contributed by atoms with Gasteiger partial charge in [0.05, 0.1) is 18.5 Å².